The van der Waals surface area contributed by atoms with Gasteiger partial charge in [0.05, 0.1) is 0 Å². The van der Waals surface area contributed by atoms with E-state index in [1.54, 1.807) is 0 Å². The van der Waals surface area contributed by atoms with E-state index in [0.29, 0.717) is 11.3 Å². The van der Waals surface area contributed by atoms with Crippen molar-refractivity contribution in [2.45, 2.75) is 52.8 Å². The molecule has 0 aromatic carbocycles. The standard InChI is InChI=1S/C8H17NS.C2H6.H2/c1-7(2)9-5-6-10-8(3)4;1-2;/h5-9H,1-4H3;1-2H3;1H. The smallest absolute Gasteiger partial charge is 0.0199 e. The lowest BCUT2D eigenvalue weighted by Crippen LogP contribution is -2.14. The van der Waals surface area contributed by atoms with Gasteiger partial charge in [-0.3, -0.25) is 0 Å². The third kappa shape index (κ3) is 16.5. The fourth-order valence-electron chi connectivity index (χ4n) is 0.428. The van der Waals surface area contributed by atoms with Crippen LogP contribution in [-0.2, 0) is 0 Å². The molecule has 0 heterocycles. The molecule has 0 rings (SSSR count). The van der Waals surface area contributed by atoms with Crippen LogP contribution in [0.5, 0.6) is 0 Å². The van der Waals surface area contributed by atoms with E-state index in [0.717, 1.165) is 0 Å². The van der Waals surface area contributed by atoms with Crippen LogP contribution < -0.4 is 5.32 Å². The van der Waals surface area contributed by atoms with Gasteiger partial charge < -0.3 is 5.32 Å². The predicted octanol–water partition coefficient (Wildman–Crippen LogP) is 3.87. The molecular formula is C10H25NS. The Morgan fingerprint density at radius 2 is 1.67 bits per heavy atom. The minimum absolute atomic E-state index is 0. The van der Waals surface area contributed by atoms with Crippen LogP contribution in [0.25, 0.3) is 0 Å². The first kappa shape index (κ1) is 14.4. The zero-order valence-electron chi connectivity index (χ0n) is 9.22. The van der Waals surface area contributed by atoms with E-state index in [2.05, 4.69) is 38.4 Å². The molecule has 0 bridgehead atoms. The van der Waals surface area contributed by atoms with Gasteiger partial charge in [0.2, 0.25) is 0 Å². The molecule has 0 aliphatic carbocycles. The lowest BCUT2D eigenvalue weighted by atomic mass is 10.4. The molecule has 0 saturated carbocycles. The zero-order valence-corrected chi connectivity index (χ0v) is 10.0. The highest BCUT2D eigenvalue weighted by Gasteiger charge is 1.87. The second kappa shape index (κ2) is 10.9. The summed E-state index contributed by atoms with van der Waals surface area (Å²) < 4.78 is 0. The lowest BCUT2D eigenvalue weighted by molar-refractivity contribution is 0.703. The van der Waals surface area contributed by atoms with Gasteiger partial charge in [0.25, 0.3) is 0 Å². The van der Waals surface area contributed by atoms with E-state index in [4.69, 9.17) is 0 Å². The van der Waals surface area contributed by atoms with Crippen LogP contribution in [0.1, 0.15) is 43.0 Å². The molecule has 2 heteroatoms. The maximum absolute atomic E-state index is 3.20. The summed E-state index contributed by atoms with van der Waals surface area (Å²) in [6.45, 7) is 12.6. The van der Waals surface area contributed by atoms with Gasteiger partial charge in [0.1, 0.15) is 0 Å². The average molecular weight is 191 g/mol. The fraction of sp³-hybridized carbons (Fsp3) is 0.800. The molecule has 0 amide bonds. The van der Waals surface area contributed by atoms with Crippen LogP contribution in [0.4, 0.5) is 0 Å². The lowest BCUT2D eigenvalue weighted by Gasteiger charge is -2.03. The minimum atomic E-state index is 0. The summed E-state index contributed by atoms with van der Waals surface area (Å²) in [5, 5.41) is 5.99. The number of hydrogen-bond acceptors (Lipinski definition) is 2. The molecular weight excluding hydrogens is 166 g/mol. The summed E-state index contributed by atoms with van der Waals surface area (Å²) in [5.74, 6) is 0. The van der Waals surface area contributed by atoms with Crippen LogP contribution >= 0.6 is 11.8 Å². The van der Waals surface area contributed by atoms with Gasteiger partial charge in [-0.05, 0) is 19.3 Å². The van der Waals surface area contributed by atoms with E-state index in [-0.39, 0.29) is 1.43 Å². The Hall–Kier alpha value is -0.110. The molecule has 0 spiro atoms. The van der Waals surface area contributed by atoms with Crippen molar-refractivity contribution < 1.29 is 1.43 Å². The highest BCUT2D eigenvalue weighted by molar-refractivity contribution is 8.02. The molecule has 12 heavy (non-hydrogen) atoms. The number of hydrogen-bond donors (Lipinski definition) is 1. The van der Waals surface area contributed by atoms with Gasteiger partial charge in [-0.2, -0.15) is 0 Å². The van der Waals surface area contributed by atoms with Gasteiger partial charge in [0, 0.05) is 18.9 Å². The quantitative estimate of drug-likeness (QED) is 0.724. The van der Waals surface area contributed by atoms with E-state index < -0.39 is 0 Å². The third-order valence-electron chi connectivity index (χ3n) is 0.848. The zero-order chi connectivity index (χ0) is 9.98. The number of thioether (sulfide) groups is 1. The monoisotopic (exact) mass is 191 g/mol. The van der Waals surface area contributed by atoms with Crippen molar-refractivity contribution in [3.8, 4) is 0 Å². The largest absolute Gasteiger partial charge is 0.388 e. The molecule has 0 aliphatic rings. The van der Waals surface area contributed by atoms with Crippen molar-refractivity contribution in [2.75, 3.05) is 0 Å². The molecule has 0 radical (unpaired) electrons. The topological polar surface area (TPSA) is 12.0 Å². The van der Waals surface area contributed by atoms with Gasteiger partial charge in [-0.1, -0.05) is 27.7 Å². The fourth-order valence-corrected chi connectivity index (χ4v) is 0.900. The average Bonchev–Trinajstić information content (AvgIpc) is 2.02. The van der Waals surface area contributed by atoms with Crippen LogP contribution in [0.2, 0.25) is 0 Å². The summed E-state index contributed by atoms with van der Waals surface area (Å²) in [7, 11) is 0. The number of rotatable bonds is 4. The van der Waals surface area contributed by atoms with Crippen molar-refractivity contribution in [1.29, 1.82) is 0 Å². The maximum Gasteiger partial charge on any atom is 0.0199 e. The summed E-state index contributed by atoms with van der Waals surface area (Å²) in [6, 6.07) is 0.545. The van der Waals surface area contributed by atoms with E-state index >= 15 is 0 Å². The normalized spacial score (nSPS) is 10.3. The molecule has 76 valence electrons. The Kier molecular flexibility index (Phi) is 13.1. The molecule has 0 atom stereocenters. The Morgan fingerprint density at radius 3 is 2.00 bits per heavy atom. The SMILES string of the molecule is CC.CC(C)NC=CSC(C)C.[HH]. The van der Waals surface area contributed by atoms with Crippen molar-refractivity contribution in [3.05, 3.63) is 11.6 Å². The van der Waals surface area contributed by atoms with Gasteiger partial charge in [0.15, 0.2) is 0 Å². The van der Waals surface area contributed by atoms with Crippen LogP contribution in [0, 0.1) is 0 Å². The second-order valence-corrected chi connectivity index (χ2v) is 4.30. The molecule has 0 saturated heterocycles. The second-order valence-electron chi connectivity index (χ2n) is 2.81. The Balaban J connectivity index is -0.000000309. The van der Waals surface area contributed by atoms with Crippen molar-refractivity contribution in [3.63, 3.8) is 0 Å². The van der Waals surface area contributed by atoms with E-state index in [1.165, 1.54) is 0 Å². The predicted molar refractivity (Wildman–Crippen MR) is 63.6 cm³/mol. The molecule has 0 aromatic heterocycles. The van der Waals surface area contributed by atoms with Crippen LogP contribution in [0.15, 0.2) is 11.6 Å². The molecule has 0 aromatic rings. The van der Waals surface area contributed by atoms with Gasteiger partial charge >= 0.3 is 0 Å². The van der Waals surface area contributed by atoms with E-state index in [9.17, 15) is 0 Å². The summed E-state index contributed by atoms with van der Waals surface area (Å²) in [4.78, 5) is 0. The van der Waals surface area contributed by atoms with Crippen LogP contribution in [0.3, 0.4) is 0 Å². The summed E-state index contributed by atoms with van der Waals surface area (Å²) in [6.07, 6.45) is 2.01. The van der Waals surface area contributed by atoms with Crippen molar-refractivity contribution in [1.82, 2.24) is 5.32 Å². The maximum atomic E-state index is 3.20. The molecule has 0 aliphatic heterocycles. The Morgan fingerprint density at radius 1 is 1.17 bits per heavy atom. The molecule has 1 N–H and O–H groups in total. The van der Waals surface area contributed by atoms with Gasteiger partial charge in [-0.15, -0.1) is 11.8 Å². The first-order chi connectivity index (χ1) is 5.63. The first-order valence-corrected chi connectivity index (χ1v) is 5.63. The summed E-state index contributed by atoms with van der Waals surface area (Å²) >= 11 is 1.83. The Labute approximate surface area is 83.5 Å². The molecule has 1 nitrogen and oxygen atoms in total. The van der Waals surface area contributed by atoms with Crippen LogP contribution in [-0.4, -0.2) is 11.3 Å². The van der Waals surface area contributed by atoms with Crippen molar-refractivity contribution >= 4 is 11.8 Å². The van der Waals surface area contributed by atoms with E-state index in [1.807, 2.05) is 31.8 Å². The number of nitrogens with one attached hydrogen (secondary N) is 1. The third-order valence-corrected chi connectivity index (χ3v) is 1.69. The van der Waals surface area contributed by atoms with Crippen molar-refractivity contribution in [2.24, 2.45) is 0 Å². The van der Waals surface area contributed by atoms with Gasteiger partial charge in [-0.25, -0.2) is 0 Å². The Bertz CT molecular complexity index is 91.1. The highest BCUT2D eigenvalue weighted by atomic mass is 32.2. The molecule has 0 fully saturated rings. The summed E-state index contributed by atoms with van der Waals surface area (Å²) in [5.41, 5.74) is 0. The molecule has 0 unspecified atom stereocenters. The minimum Gasteiger partial charge on any atom is -0.388 e. The highest BCUT2D eigenvalue weighted by Crippen LogP contribution is 2.08. The first-order valence-electron chi connectivity index (χ1n) is 4.69.